The van der Waals surface area contributed by atoms with Gasteiger partial charge in [-0.2, -0.15) is 0 Å². The van der Waals surface area contributed by atoms with Crippen molar-refractivity contribution in [2.75, 3.05) is 13.6 Å². The maximum Gasteiger partial charge on any atom is 0.0602 e. The minimum atomic E-state index is -0.754. The first kappa shape index (κ1) is 9.43. The van der Waals surface area contributed by atoms with Crippen LogP contribution in [-0.2, 0) is 6.42 Å². The molecular formula is C16H17N. The van der Waals surface area contributed by atoms with Crippen molar-refractivity contribution < 1.29 is 1.37 Å². The molecule has 0 aliphatic carbocycles. The van der Waals surface area contributed by atoms with E-state index >= 15 is 0 Å². The van der Waals surface area contributed by atoms with Crippen LogP contribution < -0.4 is 0 Å². The van der Waals surface area contributed by atoms with Gasteiger partial charge in [0.15, 0.2) is 0 Å². The number of benzene rings is 2. The standard InChI is InChI=1S/C16H17N/c1-17-12-11-13-7-5-6-10-15(13)16(17)14-8-3-2-4-9-14/h2-10,16H,11-12H2,1H3/i16D. The van der Waals surface area contributed by atoms with E-state index in [1.54, 1.807) is 0 Å². The average Bonchev–Trinajstić information content (AvgIpc) is 2.44. The maximum atomic E-state index is 8.98. The smallest absolute Gasteiger partial charge is 0.0602 e. The lowest BCUT2D eigenvalue weighted by Crippen LogP contribution is -2.32. The number of rotatable bonds is 1. The SMILES string of the molecule is [2H]C1(c2ccccc2)c2ccccc2CCN1C. The molecule has 0 aromatic heterocycles. The molecule has 1 aliphatic rings. The highest BCUT2D eigenvalue weighted by Gasteiger charge is 2.25. The van der Waals surface area contributed by atoms with Gasteiger partial charge in [-0.15, -0.1) is 0 Å². The molecule has 1 nitrogen and oxygen atoms in total. The fourth-order valence-corrected chi connectivity index (χ4v) is 2.55. The molecule has 1 heterocycles. The molecule has 0 saturated carbocycles. The molecule has 0 amide bonds. The Hall–Kier alpha value is -1.60. The fraction of sp³-hybridized carbons (Fsp3) is 0.250. The maximum absolute atomic E-state index is 8.98. The monoisotopic (exact) mass is 224 g/mol. The number of likely N-dealkylation sites (N-methyl/N-ethyl adjacent to an activating group) is 1. The number of hydrogen-bond donors (Lipinski definition) is 0. The van der Waals surface area contributed by atoms with Crippen LogP contribution in [0.3, 0.4) is 0 Å². The zero-order valence-corrected chi connectivity index (χ0v) is 10.1. The average molecular weight is 224 g/mol. The van der Waals surface area contributed by atoms with E-state index in [-0.39, 0.29) is 0 Å². The Bertz CT molecular complexity index is 552. The summed E-state index contributed by atoms with van der Waals surface area (Å²) in [6.07, 6.45) is 1.03. The van der Waals surface area contributed by atoms with Crippen LogP contribution in [0, 0.1) is 0 Å². The first-order chi connectivity index (χ1) is 8.73. The van der Waals surface area contributed by atoms with Crippen LogP contribution in [0.1, 0.15) is 24.1 Å². The predicted molar refractivity (Wildman–Crippen MR) is 71.1 cm³/mol. The van der Waals surface area contributed by atoms with Gasteiger partial charge >= 0.3 is 0 Å². The first-order valence-corrected chi connectivity index (χ1v) is 6.08. The van der Waals surface area contributed by atoms with E-state index in [4.69, 9.17) is 1.37 Å². The second-order valence-corrected chi connectivity index (χ2v) is 4.54. The Morgan fingerprint density at radius 1 is 1.06 bits per heavy atom. The Morgan fingerprint density at radius 3 is 2.59 bits per heavy atom. The third kappa shape index (κ3) is 1.87. The van der Waals surface area contributed by atoms with Gasteiger partial charge in [0, 0.05) is 6.54 Å². The molecule has 0 fully saturated rings. The summed E-state index contributed by atoms with van der Waals surface area (Å²) in [5.74, 6) is 0. The summed E-state index contributed by atoms with van der Waals surface area (Å²) >= 11 is 0. The molecule has 1 unspecified atom stereocenters. The van der Waals surface area contributed by atoms with E-state index in [1.165, 1.54) is 5.56 Å². The van der Waals surface area contributed by atoms with Crippen LogP contribution in [0.2, 0.25) is 0 Å². The largest absolute Gasteiger partial charge is 0.295 e. The normalized spacial score (nSPS) is 25.1. The van der Waals surface area contributed by atoms with Gasteiger partial charge in [0.05, 0.1) is 7.39 Å². The van der Waals surface area contributed by atoms with E-state index in [9.17, 15) is 0 Å². The Morgan fingerprint density at radius 2 is 1.76 bits per heavy atom. The molecule has 1 atom stereocenters. The molecule has 1 aliphatic heterocycles. The summed E-state index contributed by atoms with van der Waals surface area (Å²) < 4.78 is 8.98. The minimum Gasteiger partial charge on any atom is -0.295 e. The lowest BCUT2D eigenvalue weighted by molar-refractivity contribution is 0.265. The van der Waals surface area contributed by atoms with Crippen LogP contribution in [0.5, 0.6) is 0 Å². The molecule has 3 rings (SSSR count). The van der Waals surface area contributed by atoms with Gasteiger partial charge in [-0.3, -0.25) is 4.90 Å². The summed E-state index contributed by atoms with van der Waals surface area (Å²) in [5.41, 5.74) is 3.46. The van der Waals surface area contributed by atoms with Gasteiger partial charge < -0.3 is 0 Å². The summed E-state index contributed by atoms with van der Waals surface area (Å²) in [6, 6.07) is 17.7. The Balaban J connectivity index is 2.21. The number of nitrogens with zero attached hydrogens (tertiary/aromatic N) is 1. The van der Waals surface area contributed by atoms with Gasteiger partial charge in [-0.25, -0.2) is 0 Å². The van der Waals surface area contributed by atoms with Gasteiger partial charge in [-0.05, 0) is 30.2 Å². The zero-order chi connectivity index (χ0) is 12.6. The van der Waals surface area contributed by atoms with E-state index in [1.807, 2.05) is 43.4 Å². The molecule has 0 N–H and O–H groups in total. The van der Waals surface area contributed by atoms with Crippen molar-refractivity contribution in [3.63, 3.8) is 0 Å². The molecule has 0 bridgehead atoms. The molecule has 0 radical (unpaired) electrons. The third-order valence-corrected chi connectivity index (χ3v) is 3.42. The van der Waals surface area contributed by atoms with Crippen LogP contribution >= 0.6 is 0 Å². The van der Waals surface area contributed by atoms with Crippen molar-refractivity contribution in [3.8, 4) is 0 Å². The second-order valence-electron chi connectivity index (χ2n) is 4.54. The van der Waals surface area contributed by atoms with Crippen molar-refractivity contribution in [2.45, 2.75) is 12.4 Å². The van der Waals surface area contributed by atoms with Crippen LogP contribution in [0.15, 0.2) is 54.6 Å². The molecule has 1 heteroatoms. The molecule has 86 valence electrons. The van der Waals surface area contributed by atoms with Gasteiger partial charge in [0.1, 0.15) is 0 Å². The molecule has 0 saturated heterocycles. The zero-order valence-electron chi connectivity index (χ0n) is 11.1. The van der Waals surface area contributed by atoms with Crippen LogP contribution in [0.4, 0.5) is 0 Å². The molecule has 17 heavy (non-hydrogen) atoms. The Labute approximate surface area is 104 Å². The van der Waals surface area contributed by atoms with Gasteiger partial charge in [-0.1, -0.05) is 54.6 Å². The van der Waals surface area contributed by atoms with Crippen molar-refractivity contribution >= 4 is 0 Å². The van der Waals surface area contributed by atoms with Gasteiger partial charge in [0.25, 0.3) is 0 Å². The predicted octanol–water partition coefficient (Wildman–Crippen LogP) is 3.26. The van der Waals surface area contributed by atoms with Crippen LogP contribution in [0.25, 0.3) is 0 Å². The third-order valence-electron chi connectivity index (χ3n) is 3.42. The highest BCUT2D eigenvalue weighted by molar-refractivity contribution is 5.39. The quantitative estimate of drug-likeness (QED) is 0.718. The van der Waals surface area contributed by atoms with E-state index < -0.39 is 6.02 Å². The number of fused-ring (bicyclic) bond motifs is 1. The Kier molecular flexibility index (Phi) is 2.41. The molecule has 2 aromatic rings. The number of hydrogen-bond acceptors (Lipinski definition) is 1. The molecule has 2 aromatic carbocycles. The first-order valence-electron chi connectivity index (χ1n) is 6.58. The van der Waals surface area contributed by atoms with E-state index in [0.29, 0.717) is 0 Å². The lowest BCUT2D eigenvalue weighted by atomic mass is 9.89. The summed E-state index contributed by atoms with van der Waals surface area (Å²) in [6.45, 7) is 0.926. The van der Waals surface area contributed by atoms with E-state index in [2.05, 4.69) is 23.1 Å². The summed E-state index contributed by atoms with van der Waals surface area (Å²) in [5, 5.41) is 0. The fourth-order valence-electron chi connectivity index (χ4n) is 2.55. The molecular weight excluding hydrogens is 206 g/mol. The second kappa shape index (κ2) is 4.34. The summed E-state index contributed by atoms with van der Waals surface area (Å²) in [4.78, 5) is 2.13. The van der Waals surface area contributed by atoms with Crippen LogP contribution in [-0.4, -0.2) is 18.5 Å². The van der Waals surface area contributed by atoms with E-state index in [0.717, 1.165) is 24.1 Å². The molecule has 0 spiro atoms. The van der Waals surface area contributed by atoms with Crippen molar-refractivity contribution in [1.82, 2.24) is 4.90 Å². The lowest BCUT2D eigenvalue weighted by Gasteiger charge is -2.35. The highest BCUT2D eigenvalue weighted by atomic mass is 15.1. The van der Waals surface area contributed by atoms with Crippen molar-refractivity contribution in [3.05, 3.63) is 71.3 Å². The summed E-state index contributed by atoms with van der Waals surface area (Å²) in [7, 11) is 2.04. The van der Waals surface area contributed by atoms with Crippen molar-refractivity contribution in [1.29, 1.82) is 0 Å². The minimum absolute atomic E-state index is 0.754. The highest BCUT2D eigenvalue weighted by Crippen LogP contribution is 2.33. The van der Waals surface area contributed by atoms with Crippen molar-refractivity contribution in [2.24, 2.45) is 0 Å². The van der Waals surface area contributed by atoms with Gasteiger partial charge in [0.2, 0.25) is 0 Å². The topological polar surface area (TPSA) is 3.24 Å².